The van der Waals surface area contributed by atoms with Crippen molar-refractivity contribution in [2.75, 3.05) is 6.54 Å². The lowest BCUT2D eigenvalue weighted by Crippen LogP contribution is -1.97. The van der Waals surface area contributed by atoms with E-state index in [0.29, 0.717) is 0 Å². The number of hydrogen-bond donors (Lipinski definition) is 1. The van der Waals surface area contributed by atoms with Crippen LogP contribution in [0.2, 0.25) is 0 Å². The SMILES string of the molecule is NCCCCCCCCCCc1cccc2ccccc12. The maximum Gasteiger partial charge on any atom is -0.00773 e. The Morgan fingerprint density at radius 3 is 2.00 bits per heavy atom. The molecule has 0 heterocycles. The predicted octanol–water partition coefficient (Wildman–Crippen LogP) is 5.46. The molecule has 2 rings (SSSR count). The van der Waals surface area contributed by atoms with Gasteiger partial charge in [0.25, 0.3) is 0 Å². The molecule has 2 aromatic carbocycles. The van der Waals surface area contributed by atoms with Crippen molar-refractivity contribution in [3.63, 3.8) is 0 Å². The number of benzene rings is 2. The van der Waals surface area contributed by atoms with Gasteiger partial charge in [0.2, 0.25) is 0 Å². The van der Waals surface area contributed by atoms with Gasteiger partial charge in [0, 0.05) is 0 Å². The van der Waals surface area contributed by atoms with Crippen molar-refractivity contribution in [1.82, 2.24) is 0 Å². The first-order valence-corrected chi connectivity index (χ1v) is 8.58. The van der Waals surface area contributed by atoms with Crippen LogP contribution in [0.4, 0.5) is 0 Å². The summed E-state index contributed by atoms with van der Waals surface area (Å²) < 4.78 is 0. The van der Waals surface area contributed by atoms with E-state index in [9.17, 15) is 0 Å². The Bertz CT molecular complexity index is 513. The van der Waals surface area contributed by atoms with Gasteiger partial charge in [0.05, 0.1) is 0 Å². The molecule has 0 bridgehead atoms. The summed E-state index contributed by atoms with van der Waals surface area (Å²) in [6, 6.07) is 15.4. The molecule has 0 radical (unpaired) electrons. The third kappa shape index (κ3) is 5.51. The van der Waals surface area contributed by atoms with Gasteiger partial charge in [0.15, 0.2) is 0 Å². The minimum Gasteiger partial charge on any atom is -0.330 e. The average Bonchev–Trinajstić information content (AvgIpc) is 2.53. The molecule has 0 spiro atoms. The molecule has 21 heavy (non-hydrogen) atoms. The highest BCUT2D eigenvalue weighted by atomic mass is 14.5. The molecule has 114 valence electrons. The molecule has 0 aliphatic rings. The van der Waals surface area contributed by atoms with Crippen molar-refractivity contribution in [3.05, 3.63) is 48.0 Å². The van der Waals surface area contributed by atoms with Crippen molar-refractivity contribution in [2.24, 2.45) is 5.73 Å². The van der Waals surface area contributed by atoms with E-state index in [2.05, 4.69) is 42.5 Å². The molecule has 0 aliphatic carbocycles. The van der Waals surface area contributed by atoms with Crippen LogP contribution in [0.15, 0.2) is 42.5 Å². The molecule has 0 atom stereocenters. The van der Waals surface area contributed by atoms with Crippen LogP contribution in [0.3, 0.4) is 0 Å². The minimum atomic E-state index is 0.852. The van der Waals surface area contributed by atoms with E-state index in [1.54, 1.807) is 0 Å². The van der Waals surface area contributed by atoms with E-state index < -0.39 is 0 Å². The molecule has 2 aromatic rings. The van der Waals surface area contributed by atoms with Crippen LogP contribution in [0.5, 0.6) is 0 Å². The Kier molecular flexibility index (Phi) is 7.31. The predicted molar refractivity (Wildman–Crippen MR) is 93.6 cm³/mol. The summed E-state index contributed by atoms with van der Waals surface area (Å²) in [5, 5.41) is 2.80. The standard InChI is InChI=1S/C20H29N/c21-17-10-6-4-2-1-3-5-7-12-18-14-11-15-19-13-8-9-16-20(18)19/h8-9,11,13-16H,1-7,10,12,17,21H2. The Morgan fingerprint density at radius 1 is 0.619 bits per heavy atom. The van der Waals surface area contributed by atoms with E-state index >= 15 is 0 Å². The van der Waals surface area contributed by atoms with Gasteiger partial charge in [-0.25, -0.2) is 0 Å². The van der Waals surface area contributed by atoms with Gasteiger partial charge in [-0.3, -0.25) is 0 Å². The van der Waals surface area contributed by atoms with E-state index in [1.807, 2.05) is 0 Å². The number of hydrogen-bond acceptors (Lipinski definition) is 1. The summed E-state index contributed by atoms with van der Waals surface area (Å²) >= 11 is 0. The summed E-state index contributed by atoms with van der Waals surface area (Å²) in [5.41, 5.74) is 7.01. The largest absolute Gasteiger partial charge is 0.330 e. The lowest BCUT2D eigenvalue weighted by molar-refractivity contribution is 0.570. The van der Waals surface area contributed by atoms with Gasteiger partial charge in [-0.2, -0.15) is 0 Å². The summed E-state index contributed by atoms with van der Waals surface area (Å²) in [6.07, 6.45) is 11.9. The molecule has 0 saturated carbocycles. The molecule has 0 aliphatic heterocycles. The van der Waals surface area contributed by atoms with E-state index in [1.165, 1.54) is 74.1 Å². The van der Waals surface area contributed by atoms with Crippen molar-refractivity contribution >= 4 is 10.8 Å². The Balaban J connectivity index is 1.64. The maximum atomic E-state index is 5.50. The number of unbranched alkanes of at least 4 members (excludes halogenated alkanes) is 7. The average molecular weight is 283 g/mol. The lowest BCUT2D eigenvalue weighted by atomic mass is 9.99. The van der Waals surface area contributed by atoms with Crippen LogP contribution in [-0.4, -0.2) is 6.54 Å². The molecule has 0 saturated heterocycles. The molecule has 0 fully saturated rings. The monoisotopic (exact) mass is 283 g/mol. The molecule has 2 N–H and O–H groups in total. The summed E-state index contributed by atoms with van der Waals surface area (Å²) in [4.78, 5) is 0. The lowest BCUT2D eigenvalue weighted by Gasteiger charge is -2.06. The zero-order chi connectivity index (χ0) is 14.8. The normalized spacial score (nSPS) is 11.1. The number of rotatable bonds is 10. The van der Waals surface area contributed by atoms with Crippen LogP contribution >= 0.6 is 0 Å². The Morgan fingerprint density at radius 2 is 1.24 bits per heavy atom. The third-order valence-corrected chi connectivity index (χ3v) is 4.28. The van der Waals surface area contributed by atoms with Crippen molar-refractivity contribution < 1.29 is 0 Å². The molecular formula is C20H29N. The van der Waals surface area contributed by atoms with Crippen molar-refractivity contribution in [2.45, 2.75) is 57.8 Å². The van der Waals surface area contributed by atoms with Crippen LogP contribution < -0.4 is 5.73 Å². The highest BCUT2D eigenvalue weighted by molar-refractivity contribution is 5.85. The van der Waals surface area contributed by atoms with E-state index in [-0.39, 0.29) is 0 Å². The molecular weight excluding hydrogens is 254 g/mol. The third-order valence-electron chi connectivity index (χ3n) is 4.28. The molecule has 1 nitrogen and oxygen atoms in total. The summed E-state index contributed by atoms with van der Waals surface area (Å²) in [7, 11) is 0. The van der Waals surface area contributed by atoms with Crippen molar-refractivity contribution in [1.29, 1.82) is 0 Å². The van der Waals surface area contributed by atoms with Crippen LogP contribution in [-0.2, 0) is 6.42 Å². The number of fused-ring (bicyclic) bond motifs is 1. The van der Waals surface area contributed by atoms with Gasteiger partial charge in [-0.15, -0.1) is 0 Å². The minimum absolute atomic E-state index is 0.852. The molecule has 0 aromatic heterocycles. The Hall–Kier alpha value is -1.34. The van der Waals surface area contributed by atoms with Gasteiger partial charge in [0.1, 0.15) is 0 Å². The molecule has 0 amide bonds. The van der Waals surface area contributed by atoms with Crippen molar-refractivity contribution in [3.8, 4) is 0 Å². The van der Waals surface area contributed by atoms with Gasteiger partial charge in [-0.1, -0.05) is 81.0 Å². The quantitative estimate of drug-likeness (QED) is 0.575. The van der Waals surface area contributed by atoms with E-state index in [0.717, 1.165) is 6.54 Å². The first-order valence-electron chi connectivity index (χ1n) is 8.58. The molecule has 0 unspecified atom stereocenters. The number of nitrogens with two attached hydrogens (primary N) is 1. The zero-order valence-electron chi connectivity index (χ0n) is 13.2. The fourth-order valence-corrected chi connectivity index (χ4v) is 3.03. The fraction of sp³-hybridized carbons (Fsp3) is 0.500. The van der Waals surface area contributed by atoms with Crippen LogP contribution in [0.1, 0.15) is 56.9 Å². The number of aryl methyl sites for hydroxylation is 1. The topological polar surface area (TPSA) is 26.0 Å². The first-order chi connectivity index (χ1) is 10.4. The first kappa shape index (κ1) is 16.0. The zero-order valence-corrected chi connectivity index (χ0v) is 13.2. The maximum absolute atomic E-state index is 5.50. The molecule has 1 heteroatoms. The van der Waals surface area contributed by atoms with E-state index in [4.69, 9.17) is 5.73 Å². The highest BCUT2D eigenvalue weighted by Gasteiger charge is 2.00. The van der Waals surface area contributed by atoms with Crippen LogP contribution in [0, 0.1) is 0 Å². The second kappa shape index (κ2) is 9.57. The second-order valence-electron chi connectivity index (χ2n) is 6.01. The fourth-order valence-electron chi connectivity index (χ4n) is 3.03. The highest BCUT2D eigenvalue weighted by Crippen LogP contribution is 2.20. The Labute approximate surface area is 129 Å². The summed E-state index contributed by atoms with van der Waals surface area (Å²) in [5.74, 6) is 0. The van der Waals surface area contributed by atoms with Gasteiger partial charge < -0.3 is 5.73 Å². The van der Waals surface area contributed by atoms with Crippen LogP contribution in [0.25, 0.3) is 10.8 Å². The summed E-state index contributed by atoms with van der Waals surface area (Å²) in [6.45, 7) is 0.852. The van der Waals surface area contributed by atoms with Gasteiger partial charge >= 0.3 is 0 Å². The van der Waals surface area contributed by atoms with Gasteiger partial charge in [-0.05, 0) is 42.1 Å². The second-order valence-corrected chi connectivity index (χ2v) is 6.01. The smallest absolute Gasteiger partial charge is 0.00773 e.